The average Bonchev–Trinajstić information content (AvgIpc) is 3.61. The van der Waals surface area contributed by atoms with Gasteiger partial charge in [-0.3, -0.25) is 33.8 Å². The van der Waals surface area contributed by atoms with Crippen molar-refractivity contribution in [2.75, 3.05) is 12.5 Å². The molecule has 5 amide bonds. The summed E-state index contributed by atoms with van der Waals surface area (Å²) in [6.07, 6.45) is -8.22. The molecule has 0 unspecified atom stereocenters. The Morgan fingerprint density at radius 1 is 0.662 bits per heavy atom. The molecule has 16 nitrogen and oxygen atoms in total. The van der Waals surface area contributed by atoms with E-state index in [1.807, 2.05) is 30.3 Å². The molecule has 352 valence electrons. The first-order valence-corrected chi connectivity index (χ1v) is 22.2. The van der Waals surface area contributed by atoms with Gasteiger partial charge in [-0.2, -0.15) is 0 Å². The van der Waals surface area contributed by atoms with Crippen LogP contribution in [-0.2, 0) is 74.0 Å². The highest BCUT2D eigenvalue weighted by atomic mass is 35.5. The molecule has 2 aliphatic rings. The summed E-state index contributed by atoms with van der Waals surface area (Å²) in [7, 11) is 0. The van der Waals surface area contributed by atoms with Crippen LogP contribution >= 0.6 is 11.6 Å². The lowest BCUT2D eigenvalue weighted by atomic mass is 9.92. The number of ether oxygens (including phenoxy) is 6. The van der Waals surface area contributed by atoms with Crippen LogP contribution in [0.4, 0.5) is 4.79 Å². The Morgan fingerprint density at radius 3 is 1.66 bits per heavy atom. The van der Waals surface area contributed by atoms with Crippen LogP contribution in [0.2, 0.25) is 0 Å². The SMILES string of the molecule is CC(=O)N(C(=O)C[C@H](NC(=O)OCc1ccccc1)C(=O)OCc1ccccc1)[C@@H]1O[C@H](COCc2ccccc2)[C@@H](OC(=O)CCl)[C@H](OCc2ccccc2)[C@H]1N1C(=O)c2ccccc2C1=O. The fraction of sp³-hybridized carbons (Fsp3) is 0.275. The molecule has 0 radical (unpaired) electrons. The summed E-state index contributed by atoms with van der Waals surface area (Å²) >= 11 is 5.99. The van der Waals surface area contributed by atoms with Gasteiger partial charge < -0.3 is 33.7 Å². The Hall–Kier alpha value is -7.24. The summed E-state index contributed by atoms with van der Waals surface area (Å²) in [4.78, 5) is 99.9. The minimum atomic E-state index is -1.88. The van der Waals surface area contributed by atoms with Crippen molar-refractivity contribution in [2.45, 2.75) is 76.4 Å². The smallest absolute Gasteiger partial charge is 0.408 e. The number of nitrogens with zero attached hydrogens (tertiary/aromatic N) is 2. The molecule has 0 aliphatic carbocycles. The maximum atomic E-state index is 14.9. The first-order chi connectivity index (χ1) is 33.0. The Balaban J connectivity index is 1.28. The minimum absolute atomic E-state index is 0.0147. The maximum absolute atomic E-state index is 14.9. The number of esters is 2. The molecule has 2 aliphatic heterocycles. The predicted molar refractivity (Wildman–Crippen MR) is 243 cm³/mol. The molecule has 5 aromatic carbocycles. The van der Waals surface area contributed by atoms with E-state index in [-0.39, 0.29) is 44.2 Å². The van der Waals surface area contributed by atoms with E-state index in [2.05, 4.69) is 5.32 Å². The standard InChI is InChI=1S/C51H48ClN3O13/c1-33(56)54(42(57)26-40(50(61)65-30-36-20-10-4-11-21-36)53-51(62)66-31-37-22-12-5-13-23-37)49-44(55-47(59)38-24-14-15-25-39(38)48(55)60)46(64-29-35-18-8-3-9-19-35)45(68-43(58)27-52)41(67-49)32-63-28-34-16-6-2-7-17-34/h2-25,40-41,44-46,49H,26-32H2,1H3,(H,53,62)/t40-,41+,44+,45+,46+,49+/m0/s1. The van der Waals surface area contributed by atoms with Gasteiger partial charge in [0, 0.05) is 6.92 Å². The lowest BCUT2D eigenvalue weighted by molar-refractivity contribution is -0.257. The van der Waals surface area contributed by atoms with Crippen molar-refractivity contribution in [1.29, 1.82) is 0 Å². The van der Waals surface area contributed by atoms with Gasteiger partial charge in [0.05, 0.1) is 37.4 Å². The van der Waals surface area contributed by atoms with Crippen molar-refractivity contribution in [2.24, 2.45) is 0 Å². The van der Waals surface area contributed by atoms with Crippen molar-refractivity contribution in [3.63, 3.8) is 0 Å². The topological polar surface area (TPSA) is 193 Å². The van der Waals surface area contributed by atoms with Gasteiger partial charge in [0.15, 0.2) is 12.3 Å². The number of amides is 5. The van der Waals surface area contributed by atoms with Crippen molar-refractivity contribution in [3.05, 3.63) is 179 Å². The third-order valence-electron chi connectivity index (χ3n) is 11.1. The van der Waals surface area contributed by atoms with E-state index in [0.717, 1.165) is 17.4 Å². The van der Waals surface area contributed by atoms with Crippen molar-refractivity contribution in [1.82, 2.24) is 15.1 Å². The fourth-order valence-electron chi connectivity index (χ4n) is 7.86. The number of carbonyl (C=O) groups excluding carboxylic acids is 7. The quantitative estimate of drug-likeness (QED) is 0.0431. The molecular weight excluding hydrogens is 898 g/mol. The number of carbonyl (C=O) groups is 7. The number of hydrogen-bond donors (Lipinski definition) is 1. The van der Waals surface area contributed by atoms with Gasteiger partial charge in [0.2, 0.25) is 11.8 Å². The first-order valence-electron chi connectivity index (χ1n) is 21.7. The number of alkyl carbamates (subject to hydrolysis) is 1. The second-order valence-corrected chi connectivity index (χ2v) is 16.0. The monoisotopic (exact) mass is 945 g/mol. The average molecular weight is 946 g/mol. The Labute approximate surface area is 396 Å². The van der Waals surface area contributed by atoms with Crippen LogP contribution in [0.5, 0.6) is 0 Å². The Kier molecular flexibility index (Phi) is 16.8. The largest absolute Gasteiger partial charge is 0.459 e. The van der Waals surface area contributed by atoms with Crippen molar-refractivity contribution < 1.29 is 62.0 Å². The van der Waals surface area contributed by atoms with Gasteiger partial charge in [0.1, 0.15) is 43.4 Å². The second kappa shape index (κ2) is 23.5. The first kappa shape index (κ1) is 48.7. The highest BCUT2D eigenvalue weighted by Gasteiger charge is 2.58. The number of benzene rings is 5. The number of fused-ring (bicyclic) bond motifs is 1. The van der Waals surface area contributed by atoms with Crippen LogP contribution in [0.1, 0.15) is 56.3 Å². The molecule has 0 aromatic heterocycles. The number of imide groups is 2. The third kappa shape index (κ3) is 12.2. The Bertz CT molecular complexity index is 2520. The third-order valence-corrected chi connectivity index (χ3v) is 11.3. The molecule has 1 saturated heterocycles. The van der Waals surface area contributed by atoms with E-state index in [1.54, 1.807) is 103 Å². The van der Waals surface area contributed by atoms with Gasteiger partial charge in [-0.05, 0) is 34.4 Å². The summed E-state index contributed by atoms with van der Waals surface area (Å²) < 4.78 is 36.2. The molecule has 6 atom stereocenters. The fourth-order valence-corrected chi connectivity index (χ4v) is 7.92. The highest BCUT2D eigenvalue weighted by Crippen LogP contribution is 2.37. The van der Waals surface area contributed by atoms with Crippen LogP contribution in [0, 0.1) is 0 Å². The number of halogens is 1. The van der Waals surface area contributed by atoms with E-state index in [4.69, 9.17) is 40.0 Å². The molecule has 5 aromatic rings. The summed E-state index contributed by atoms with van der Waals surface area (Å²) in [6.45, 7) is 0.163. The minimum Gasteiger partial charge on any atom is -0.459 e. The number of alkyl halides is 1. The van der Waals surface area contributed by atoms with Gasteiger partial charge in [-0.1, -0.05) is 133 Å². The highest BCUT2D eigenvalue weighted by molar-refractivity contribution is 6.26. The molecule has 0 bridgehead atoms. The van der Waals surface area contributed by atoms with E-state index in [1.165, 1.54) is 12.1 Å². The summed E-state index contributed by atoms with van der Waals surface area (Å²) in [5.74, 6) is -6.26. The van der Waals surface area contributed by atoms with Crippen LogP contribution in [0.3, 0.4) is 0 Å². The lowest BCUT2D eigenvalue weighted by Crippen LogP contribution is -2.71. The number of nitrogens with one attached hydrogen (secondary N) is 1. The summed E-state index contributed by atoms with van der Waals surface area (Å²) in [5, 5.41) is 2.41. The normalized spacial score (nSPS) is 19.0. The van der Waals surface area contributed by atoms with Crippen LogP contribution < -0.4 is 5.32 Å². The zero-order valence-corrected chi connectivity index (χ0v) is 37.6. The maximum Gasteiger partial charge on any atom is 0.408 e. The van der Waals surface area contributed by atoms with Crippen LogP contribution in [0.25, 0.3) is 0 Å². The van der Waals surface area contributed by atoms with Crippen LogP contribution in [-0.4, -0.2) is 101 Å². The van der Waals surface area contributed by atoms with Gasteiger partial charge in [0.25, 0.3) is 11.8 Å². The van der Waals surface area contributed by atoms with E-state index in [0.29, 0.717) is 21.6 Å². The Morgan fingerprint density at radius 2 is 1.15 bits per heavy atom. The molecule has 1 fully saturated rings. The molecule has 1 N–H and O–H groups in total. The number of rotatable bonds is 19. The molecule has 17 heteroatoms. The van der Waals surface area contributed by atoms with Crippen LogP contribution in [0.15, 0.2) is 146 Å². The van der Waals surface area contributed by atoms with Gasteiger partial charge in [-0.15, -0.1) is 11.6 Å². The zero-order chi connectivity index (χ0) is 48.0. The van der Waals surface area contributed by atoms with Gasteiger partial charge in [-0.25, -0.2) is 9.59 Å². The second-order valence-electron chi connectivity index (χ2n) is 15.8. The number of hydrogen-bond acceptors (Lipinski definition) is 13. The van der Waals surface area contributed by atoms with Gasteiger partial charge >= 0.3 is 18.0 Å². The van der Waals surface area contributed by atoms with Crippen molar-refractivity contribution in [3.8, 4) is 0 Å². The lowest BCUT2D eigenvalue weighted by Gasteiger charge is -2.50. The van der Waals surface area contributed by atoms with E-state index in [9.17, 15) is 33.6 Å². The molecule has 0 spiro atoms. The van der Waals surface area contributed by atoms with Crippen molar-refractivity contribution >= 4 is 53.3 Å². The zero-order valence-electron chi connectivity index (χ0n) is 36.8. The molecule has 0 saturated carbocycles. The molecule has 7 rings (SSSR count). The van der Waals surface area contributed by atoms with E-state index >= 15 is 0 Å². The molecule has 2 heterocycles. The summed E-state index contributed by atoms with van der Waals surface area (Å²) in [5.41, 5.74) is 2.68. The molecular formula is C51H48ClN3O13. The predicted octanol–water partition coefficient (Wildman–Crippen LogP) is 6.13. The van der Waals surface area contributed by atoms with E-state index < -0.39 is 90.6 Å². The molecule has 68 heavy (non-hydrogen) atoms. The summed E-state index contributed by atoms with van der Waals surface area (Å²) in [6, 6.07) is 37.9.